The van der Waals surface area contributed by atoms with E-state index in [4.69, 9.17) is 9.47 Å². The zero-order valence-corrected chi connectivity index (χ0v) is 13.4. The predicted molar refractivity (Wildman–Crippen MR) is 88.4 cm³/mol. The normalized spacial score (nSPS) is 10.0. The van der Waals surface area contributed by atoms with E-state index in [0.717, 1.165) is 12.1 Å². The van der Waals surface area contributed by atoms with Gasteiger partial charge in [0.25, 0.3) is 0 Å². The maximum Gasteiger partial charge on any atom is 0.225 e. The first-order chi connectivity index (χ1) is 11.2. The maximum atomic E-state index is 11.5. The molecule has 2 rings (SSSR count). The molecule has 122 valence electrons. The van der Waals surface area contributed by atoms with Crippen LogP contribution in [0.25, 0.3) is 0 Å². The number of methoxy groups -OCH3 is 2. The van der Waals surface area contributed by atoms with Crippen molar-refractivity contribution in [2.75, 3.05) is 24.9 Å². The van der Waals surface area contributed by atoms with Crippen molar-refractivity contribution in [1.29, 1.82) is 0 Å². The highest BCUT2D eigenvalue weighted by molar-refractivity contribution is 5.89. The summed E-state index contributed by atoms with van der Waals surface area (Å²) in [7, 11) is 3.16. The third-order valence-electron chi connectivity index (χ3n) is 3.07. The van der Waals surface area contributed by atoms with Gasteiger partial charge in [0.2, 0.25) is 5.91 Å². The Kier molecular flexibility index (Phi) is 5.74. The molecular formula is C16H20N4O3. The number of rotatable bonds is 7. The largest absolute Gasteiger partial charge is 0.493 e. The lowest BCUT2D eigenvalue weighted by atomic mass is 10.2. The Labute approximate surface area is 135 Å². The Bertz CT molecular complexity index is 659. The minimum Gasteiger partial charge on any atom is -0.493 e. The second-order valence-corrected chi connectivity index (χ2v) is 4.80. The fourth-order valence-electron chi connectivity index (χ4n) is 1.96. The monoisotopic (exact) mass is 316 g/mol. The molecule has 2 aromatic rings. The Morgan fingerprint density at radius 1 is 1.04 bits per heavy atom. The van der Waals surface area contributed by atoms with Gasteiger partial charge in [-0.15, -0.1) is 10.2 Å². The molecule has 2 N–H and O–H groups in total. The van der Waals surface area contributed by atoms with Crippen LogP contribution in [0.2, 0.25) is 0 Å². The van der Waals surface area contributed by atoms with Gasteiger partial charge < -0.3 is 20.1 Å². The van der Waals surface area contributed by atoms with E-state index < -0.39 is 0 Å². The molecule has 7 heteroatoms. The second-order valence-electron chi connectivity index (χ2n) is 4.80. The molecule has 0 fully saturated rings. The minimum absolute atomic E-state index is 0.0672. The molecule has 0 aliphatic heterocycles. The highest BCUT2D eigenvalue weighted by atomic mass is 16.5. The number of anilines is 3. The van der Waals surface area contributed by atoms with Crippen LogP contribution in [0.4, 0.5) is 17.3 Å². The molecule has 1 aromatic heterocycles. The van der Waals surface area contributed by atoms with E-state index >= 15 is 0 Å². The van der Waals surface area contributed by atoms with Crippen LogP contribution in [0.3, 0.4) is 0 Å². The number of benzene rings is 1. The highest BCUT2D eigenvalue weighted by Crippen LogP contribution is 2.30. The van der Waals surface area contributed by atoms with Gasteiger partial charge in [-0.05, 0) is 30.7 Å². The summed E-state index contributed by atoms with van der Waals surface area (Å²) in [5, 5.41) is 13.8. The van der Waals surface area contributed by atoms with Gasteiger partial charge in [-0.3, -0.25) is 4.79 Å². The van der Waals surface area contributed by atoms with Crippen LogP contribution in [-0.2, 0) is 4.79 Å². The predicted octanol–water partition coefficient (Wildman–Crippen LogP) is 2.98. The first-order valence-corrected chi connectivity index (χ1v) is 7.29. The number of ether oxygens (including phenoxy) is 2. The second kappa shape index (κ2) is 7.98. The van der Waals surface area contributed by atoms with Gasteiger partial charge in [0.05, 0.1) is 14.2 Å². The quantitative estimate of drug-likeness (QED) is 0.817. The smallest absolute Gasteiger partial charge is 0.225 e. The van der Waals surface area contributed by atoms with E-state index in [1.165, 1.54) is 0 Å². The van der Waals surface area contributed by atoms with E-state index in [9.17, 15) is 4.79 Å². The number of nitrogens with one attached hydrogen (secondary N) is 2. The van der Waals surface area contributed by atoms with E-state index in [1.807, 2.05) is 13.0 Å². The SMILES string of the molecule is CCCC(=O)Nc1ccc(Nc2ccc(OC)c(OC)c2)nn1. The van der Waals surface area contributed by atoms with Crippen molar-refractivity contribution in [1.82, 2.24) is 10.2 Å². The Hall–Kier alpha value is -2.83. The van der Waals surface area contributed by atoms with Gasteiger partial charge in [-0.2, -0.15) is 0 Å². The molecule has 0 bridgehead atoms. The summed E-state index contributed by atoms with van der Waals surface area (Å²) in [6.45, 7) is 1.95. The molecule has 7 nitrogen and oxygen atoms in total. The topological polar surface area (TPSA) is 85.4 Å². The van der Waals surface area contributed by atoms with Crippen molar-refractivity contribution < 1.29 is 14.3 Å². The molecule has 0 unspecified atom stereocenters. The van der Waals surface area contributed by atoms with Gasteiger partial charge in [-0.1, -0.05) is 6.92 Å². The first kappa shape index (κ1) is 16.5. The lowest BCUT2D eigenvalue weighted by molar-refractivity contribution is -0.116. The van der Waals surface area contributed by atoms with Crippen molar-refractivity contribution in [3.8, 4) is 11.5 Å². The average Bonchev–Trinajstić information content (AvgIpc) is 2.56. The Morgan fingerprint density at radius 2 is 1.74 bits per heavy atom. The van der Waals surface area contributed by atoms with Crippen LogP contribution in [0, 0.1) is 0 Å². The Balaban J connectivity index is 2.04. The summed E-state index contributed by atoms with van der Waals surface area (Å²) in [5.41, 5.74) is 0.791. The van der Waals surface area contributed by atoms with Crippen molar-refractivity contribution in [2.24, 2.45) is 0 Å². The minimum atomic E-state index is -0.0672. The number of amides is 1. The third-order valence-corrected chi connectivity index (χ3v) is 3.07. The van der Waals surface area contributed by atoms with Gasteiger partial charge in [-0.25, -0.2) is 0 Å². The van der Waals surface area contributed by atoms with Gasteiger partial charge in [0, 0.05) is 18.2 Å². The van der Waals surface area contributed by atoms with Crippen molar-refractivity contribution >= 4 is 23.2 Å². The maximum absolute atomic E-state index is 11.5. The molecule has 0 radical (unpaired) electrons. The summed E-state index contributed by atoms with van der Waals surface area (Å²) in [4.78, 5) is 11.5. The molecule has 23 heavy (non-hydrogen) atoms. The van der Waals surface area contributed by atoms with Gasteiger partial charge >= 0.3 is 0 Å². The van der Waals surface area contributed by atoms with E-state index in [1.54, 1.807) is 38.5 Å². The van der Waals surface area contributed by atoms with Crippen molar-refractivity contribution in [2.45, 2.75) is 19.8 Å². The summed E-state index contributed by atoms with van der Waals surface area (Å²) in [6, 6.07) is 8.89. The molecule has 0 atom stereocenters. The lowest BCUT2D eigenvalue weighted by Gasteiger charge is -2.11. The number of carbonyl (C=O) groups excluding carboxylic acids is 1. The number of carbonyl (C=O) groups is 1. The average molecular weight is 316 g/mol. The molecule has 0 saturated heterocycles. The number of hydrogen-bond donors (Lipinski definition) is 2. The van der Waals surface area contributed by atoms with Crippen LogP contribution in [0.15, 0.2) is 30.3 Å². The van der Waals surface area contributed by atoms with E-state index in [2.05, 4.69) is 20.8 Å². The van der Waals surface area contributed by atoms with Gasteiger partial charge in [0.1, 0.15) is 0 Å². The van der Waals surface area contributed by atoms with Crippen LogP contribution < -0.4 is 20.1 Å². The molecule has 0 saturated carbocycles. The molecule has 0 spiro atoms. The van der Waals surface area contributed by atoms with Crippen LogP contribution in [0.5, 0.6) is 11.5 Å². The van der Waals surface area contributed by atoms with Crippen LogP contribution in [0.1, 0.15) is 19.8 Å². The van der Waals surface area contributed by atoms with E-state index in [-0.39, 0.29) is 5.91 Å². The number of aromatic nitrogens is 2. The van der Waals surface area contributed by atoms with E-state index in [0.29, 0.717) is 29.6 Å². The fourth-order valence-corrected chi connectivity index (χ4v) is 1.96. The lowest BCUT2D eigenvalue weighted by Crippen LogP contribution is -2.12. The summed E-state index contributed by atoms with van der Waals surface area (Å²) >= 11 is 0. The summed E-state index contributed by atoms with van der Waals surface area (Å²) < 4.78 is 10.4. The molecule has 1 heterocycles. The van der Waals surface area contributed by atoms with Crippen LogP contribution >= 0.6 is 0 Å². The Morgan fingerprint density at radius 3 is 2.35 bits per heavy atom. The first-order valence-electron chi connectivity index (χ1n) is 7.29. The third kappa shape index (κ3) is 4.57. The van der Waals surface area contributed by atoms with Gasteiger partial charge in [0.15, 0.2) is 23.1 Å². The molecule has 1 aromatic carbocycles. The standard InChI is InChI=1S/C16H20N4O3/c1-4-5-16(21)18-15-9-8-14(19-20-15)17-11-6-7-12(22-2)13(10-11)23-3/h6-10H,4-5H2,1-3H3,(H,17,19)(H,18,20,21). The molecule has 0 aliphatic rings. The summed E-state index contributed by atoms with van der Waals surface area (Å²) in [6.07, 6.45) is 1.26. The zero-order valence-electron chi connectivity index (χ0n) is 13.4. The van der Waals surface area contributed by atoms with Crippen molar-refractivity contribution in [3.05, 3.63) is 30.3 Å². The summed E-state index contributed by atoms with van der Waals surface area (Å²) in [5.74, 6) is 2.20. The molecule has 0 aliphatic carbocycles. The number of hydrogen-bond acceptors (Lipinski definition) is 6. The van der Waals surface area contributed by atoms with Crippen molar-refractivity contribution in [3.63, 3.8) is 0 Å². The van der Waals surface area contributed by atoms with Crippen LogP contribution in [-0.4, -0.2) is 30.3 Å². The zero-order chi connectivity index (χ0) is 16.7. The molecular weight excluding hydrogens is 296 g/mol. The number of nitrogens with zero attached hydrogens (tertiary/aromatic N) is 2. The highest BCUT2D eigenvalue weighted by Gasteiger charge is 2.06. The molecule has 1 amide bonds. The fraction of sp³-hybridized carbons (Fsp3) is 0.312.